The Kier molecular flexibility index (Phi) is 134. The van der Waals surface area contributed by atoms with Crippen molar-refractivity contribution in [3.05, 3.63) is 0 Å². The van der Waals surface area contributed by atoms with E-state index in [9.17, 15) is 0 Å². The third-order valence-electron chi connectivity index (χ3n) is 0. The molecule has 0 aliphatic rings. The fourth-order valence-electron chi connectivity index (χ4n) is 0. The van der Waals surface area contributed by atoms with E-state index >= 15 is 0 Å². The molecule has 0 atom stereocenters. The van der Waals surface area contributed by atoms with Gasteiger partial charge < -0.3 is 0 Å². The Morgan fingerprint density at radius 1 is 1.00 bits per heavy atom. The zero-order valence-corrected chi connectivity index (χ0v) is 10.8. The molecule has 4 heavy (non-hydrogen) atoms. The second kappa shape index (κ2) is 17.5. The van der Waals surface area contributed by atoms with Crippen LogP contribution in [0.2, 0.25) is 0 Å². The van der Waals surface area contributed by atoms with Crippen molar-refractivity contribution >= 4 is 26.2 Å². The van der Waals surface area contributed by atoms with Gasteiger partial charge in [-0.3, -0.25) is 0 Å². The van der Waals surface area contributed by atoms with Crippen molar-refractivity contribution in [2.45, 2.75) is 0 Å². The number of rotatable bonds is 0. The fraction of sp³-hybridized carbons (Fsp3) is 0. The molecule has 0 spiro atoms. The first-order valence-electron chi connectivity index (χ1n) is 0. The van der Waals surface area contributed by atoms with Crippen LogP contribution in [0.4, 0.5) is 0 Å². The van der Waals surface area contributed by atoms with Crippen LogP contribution >= 0.6 is 0 Å². The summed E-state index contributed by atoms with van der Waals surface area (Å²) in [4.78, 5) is 0. The predicted molar refractivity (Wildman–Crippen MR) is 9.94 cm³/mol. The van der Waals surface area contributed by atoms with Crippen molar-refractivity contribution in [3.63, 3.8) is 0 Å². The van der Waals surface area contributed by atoms with Crippen LogP contribution in [-0.2, 0) is 55.3 Å². The van der Waals surface area contributed by atoms with Gasteiger partial charge in [0.15, 0.2) is 0 Å². The summed E-state index contributed by atoms with van der Waals surface area (Å²) >= 11 is 0. The molecule has 0 heterocycles. The maximum Gasteiger partial charge on any atom is 0 e. The molecule has 0 aromatic carbocycles. The first-order valence-corrected chi connectivity index (χ1v) is 0. The Morgan fingerprint density at radius 2 is 1.00 bits per heavy atom. The van der Waals surface area contributed by atoms with Gasteiger partial charge in [0, 0.05) is 55.3 Å². The van der Waals surface area contributed by atoms with E-state index in [1.165, 1.54) is 0 Å². The first-order chi connectivity index (χ1) is 0. The number of hydrogen-bond donors (Lipinski definition) is 0. The van der Waals surface area contributed by atoms with E-state index in [2.05, 4.69) is 0 Å². The molecule has 0 aliphatic carbocycles. The zero-order chi connectivity index (χ0) is 0. The Bertz CT molecular complexity index is 8.00. The molecule has 0 amide bonds. The summed E-state index contributed by atoms with van der Waals surface area (Å²) in [5.74, 6) is 0. The number of hydrogen-bond acceptors (Lipinski definition) is 0. The van der Waals surface area contributed by atoms with E-state index in [4.69, 9.17) is 0 Å². The van der Waals surface area contributed by atoms with Crippen LogP contribution in [0.5, 0.6) is 0 Å². The molecule has 0 nitrogen and oxygen atoms in total. The van der Waals surface area contributed by atoms with Crippen LogP contribution in [0.3, 0.4) is 0 Å². The van der Waals surface area contributed by atoms with E-state index in [1.54, 1.807) is 0 Å². The van der Waals surface area contributed by atoms with E-state index < -0.39 is 0 Å². The molecule has 0 unspecified atom stereocenters. The average Bonchev–Trinajstić information content (AvgIpc) is 0. The van der Waals surface area contributed by atoms with Crippen LogP contribution in [0, 0.1) is 0 Å². The van der Waals surface area contributed by atoms with Crippen molar-refractivity contribution in [2.75, 3.05) is 0 Å². The van der Waals surface area contributed by atoms with Gasteiger partial charge in [-0.2, -0.15) is 0 Å². The molecule has 0 N–H and O–H groups in total. The molecule has 0 aromatic heterocycles. The average molecular weight is 382 g/mol. The van der Waals surface area contributed by atoms with Crippen LogP contribution in [0.1, 0.15) is 0 Å². The van der Waals surface area contributed by atoms with Gasteiger partial charge in [0.1, 0.15) is 0 Å². The van der Waals surface area contributed by atoms with Crippen LogP contribution in [0.15, 0.2) is 0 Å². The first kappa shape index (κ1) is 30.5. The maximum absolute atomic E-state index is 0. The Balaban J connectivity index is 0. The van der Waals surface area contributed by atoms with Gasteiger partial charge in [-0.1, -0.05) is 0 Å². The molecule has 4 heteroatoms. The third-order valence-corrected chi connectivity index (χ3v) is 0. The summed E-state index contributed by atoms with van der Waals surface area (Å²) in [5, 5.41) is 0. The predicted octanol–water partition coefficient (Wildman–Crippen LogP) is -1.19. The summed E-state index contributed by atoms with van der Waals surface area (Å²) in [6.45, 7) is 0. The van der Waals surface area contributed by atoms with Crippen molar-refractivity contribution in [1.29, 1.82) is 0 Å². The standard InChI is InChI=1S/Bi.Cu.Ni.Ti.3H. The molecule has 1 radical (unpaired) electrons. The summed E-state index contributed by atoms with van der Waals surface area (Å²) in [5.41, 5.74) is 0. The van der Waals surface area contributed by atoms with Gasteiger partial charge in [0.25, 0.3) is 0 Å². The van der Waals surface area contributed by atoms with Crippen LogP contribution < -0.4 is 0 Å². The Hall–Kier alpha value is 2.61. The minimum absolute atomic E-state index is 0. The SMILES string of the molecule is [BiH3].[Cu].[Ni].[Ti]. The van der Waals surface area contributed by atoms with Gasteiger partial charge in [-0.15, -0.1) is 0 Å². The molecule has 0 fully saturated rings. The molecular formula is H3BiCuNiTi. The summed E-state index contributed by atoms with van der Waals surface area (Å²) in [6, 6.07) is 0. The molecule has 0 rings (SSSR count). The van der Waals surface area contributed by atoms with Gasteiger partial charge in [-0.05, 0) is 0 Å². The fourth-order valence-corrected chi connectivity index (χ4v) is 0. The summed E-state index contributed by atoms with van der Waals surface area (Å²) in [6.07, 6.45) is 0. The van der Waals surface area contributed by atoms with Crippen LogP contribution in [-0.4, -0.2) is 26.2 Å². The van der Waals surface area contributed by atoms with Gasteiger partial charge in [0.05, 0.1) is 0 Å². The molecular weight excluding hydrogens is 379 g/mol. The quantitative estimate of drug-likeness (QED) is 0.463. The molecule has 0 aliphatic heterocycles. The van der Waals surface area contributed by atoms with E-state index in [0.29, 0.717) is 0 Å². The molecule has 0 bridgehead atoms. The monoisotopic (exact) mass is 381 g/mol. The van der Waals surface area contributed by atoms with Crippen LogP contribution in [0.25, 0.3) is 0 Å². The van der Waals surface area contributed by atoms with Crippen molar-refractivity contribution < 1.29 is 55.3 Å². The minimum atomic E-state index is 0. The van der Waals surface area contributed by atoms with Gasteiger partial charge in [-0.25, -0.2) is 0 Å². The Labute approximate surface area is 80.3 Å². The second-order valence-corrected chi connectivity index (χ2v) is 0. The Morgan fingerprint density at radius 3 is 1.00 bits per heavy atom. The second-order valence-electron chi connectivity index (χ2n) is 0. The zero-order valence-electron chi connectivity index (χ0n) is 1.82. The molecule has 33 valence electrons. The topological polar surface area (TPSA) is 0 Å². The maximum atomic E-state index is 0. The van der Waals surface area contributed by atoms with Gasteiger partial charge in [0.2, 0.25) is 0 Å². The van der Waals surface area contributed by atoms with Crippen molar-refractivity contribution in [1.82, 2.24) is 0 Å². The molecule has 0 saturated heterocycles. The van der Waals surface area contributed by atoms with E-state index in [1.807, 2.05) is 0 Å². The largest absolute Gasteiger partial charge is 0 e. The van der Waals surface area contributed by atoms with Crippen molar-refractivity contribution in [2.24, 2.45) is 0 Å². The van der Waals surface area contributed by atoms with E-state index in [-0.39, 0.29) is 81.5 Å². The minimum Gasteiger partial charge on any atom is 0 e. The summed E-state index contributed by atoms with van der Waals surface area (Å²) in [7, 11) is 0. The molecule has 0 aromatic rings. The smallest absolute Gasteiger partial charge is 0 e. The third kappa shape index (κ3) is 8.82. The molecule has 0 saturated carbocycles. The van der Waals surface area contributed by atoms with Crippen molar-refractivity contribution in [3.8, 4) is 0 Å². The van der Waals surface area contributed by atoms with E-state index in [0.717, 1.165) is 0 Å². The van der Waals surface area contributed by atoms with Gasteiger partial charge >= 0.3 is 26.2 Å². The summed E-state index contributed by atoms with van der Waals surface area (Å²) < 4.78 is 0. The normalized spacial score (nSPS) is 0.